The van der Waals surface area contributed by atoms with Gasteiger partial charge in [0.15, 0.2) is 0 Å². The van der Waals surface area contributed by atoms with Crippen LogP contribution in [0.3, 0.4) is 0 Å². The first-order valence-electron chi connectivity index (χ1n) is 5.44. The highest BCUT2D eigenvalue weighted by atomic mass is 32.2. The third-order valence-corrected chi connectivity index (χ3v) is 3.40. The van der Waals surface area contributed by atoms with Gasteiger partial charge in [-0.25, -0.2) is 0 Å². The van der Waals surface area contributed by atoms with E-state index in [1.807, 2.05) is 0 Å². The summed E-state index contributed by atoms with van der Waals surface area (Å²) >= 11 is 2.10. The fourth-order valence-electron chi connectivity index (χ4n) is 1.56. The maximum Gasteiger partial charge on any atom is 0.0107 e. The summed E-state index contributed by atoms with van der Waals surface area (Å²) in [6.07, 6.45) is 2.62. The molecule has 0 radical (unpaired) electrons. The molecule has 0 aromatic rings. The highest BCUT2D eigenvalue weighted by molar-refractivity contribution is 7.99. The van der Waals surface area contributed by atoms with Crippen LogP contribution in [-0.2, 0) is 0 Å². The van der Waals surface area contributed by atoms with E-state index in [1.54, 1.807) is 0 Å². The third kappa shape index (κ3) is 5.55. The maximum absolute atomic E-state index is 3.45. The van der Waals surface area contributed by atoms with Crippen molar-refractivity contribution in [2.24, 2.45) is 0 Å². The van der Waals surface area contributed by atoms with Crippen LogP contribution in [0.5, 0.6) is 0 Å². The molecule has 0 aromatic carbocycles. The zero-order chi connectivity index (χ0) is 9.36. The van der Waals surface area contributed by atoms with Crippen molar-refractivity contribution in [1.82, 2.24) is 10.2 Å². The van der Waals surface area contributed by atoms with E-state index in [1.165, 1.54) is 57.1 Å². The minimum atomic E-state index is 1.17. The van der Waals surface area contributed by atoms with Crippen LogP contribution in [0.25, 0.3) is 0 Å². The summed E-state index contributed by atoms with van der Waals surface area (Å²) in [5.74, 6) is 2.69. The van der Waals surface area contributed by atoms with Crippen molar-refractivity contribution in [3.63, 3.8) is 0 Å². The number of hydrogen-bond acceptors (Lipinski definition) is 3. The Hall–Kier alpha value is 0.270. The average Bonchev–Trinajstić information content (AvgIpc) is 2.41. The van der Waals surface area contributed by atoms with Crippen LogP contribution in [0.15, 0.2) is 0 Å². The molecule has 1 aliphatic heterocycles. The molecule has 1 aliphatic rings. The fourth-order valence-corrected chi connectivity index (χ4v) is 2.48. The van der Waals surface area contributed by atoms with Crippen LogP contribution in [0, 0.1) is 0 Å². The minimum absolute atomic E-state index is 1.17. The summed E-state index contributed by atoms with van der Waals surface area (Å²) in [7, 11) is 0. The van der Waals surface area contributed by atoms with Crippen LogP contribution in [0.2, 0.25) is 0 Å². The molecular formula is C10H22N2S. The molecule has 3 heteroatoms. The van der Waals surface area contributed by atoms with Crippen molar-refractivity contribution in [1.29, 1.82) is 0 Å². The van der Waals surface area contributed by atoms with Gasteiger partial charge in [0, 0.05) is 25.4 Å². The Labute approximate surface area is 86.5 Å². The highest BCUT2D eigenvalue weighted by Crippen LogP contribution is 2.08. The van der Waals surface area contributed by atoms with Crippen molar-refractivity contribution in [3.8, 4) is 0 Å². The molecule has 0 aliphatic carbocycles. The summed E-state index contributed by atoms with van der Waals surface area (Å²) in [5.41, 5.74) is 0. The van der Waals surface area contributed by atoms with Gasteiger partial charge in [-0.3, -0.25) is 0 Å². The zero-order valence-corrected chi connectivity index (χ0v) is 9.54. The molecule has 0 amide bonds. The van der Waals surface area contributed by atoms with Gasteiger partial charge in [0.05, 0.1) is 0 Å². The molecule has 78 valence electrons. The Morgan fingerprint density at radius 3 is 3.00 bits per heavy atom. The number of thioether (sulfide) groups is 1. The van der Waals surface area contributed by atoms with E-state index >= 15 is 0 Å². The second-order valence-electron chi connectivity index (χ2n) is 3.56. The molecule has 0 saturated carbocycles. The molecule has 0 unspecified atom stereocenters. The fraction of sp³-hybridized carbons (Fsp3) is 1.00. The van der Waals surface area contributed by atoms with Gasteiger partial charge in [-0.2, -0.15) is 11.8 Å². The first kappa shape index (κ1) is 11.3. The molecule has 1 fully saturated rings. The van der Waals surface area contributed by atoms with Gasteiger partial charge >= 0.3 is 0 Å². The molecule has 0 bridgehead atoms. The number of nitrogens with one attached hydrogen (secondary N) is 1. The van der Waals surface area contributed by atoms with Crippen molar-refractivity contribution >= 4 is 11.8 Å². The minimum Gasteiger partial charge on any atom is -0.315 e. The summed E-state index contributed by atoms with van der Waals surface area (Å²) in [4.78, 5) is 2.59. The SMILES string of the molecule is CCCNCCN1CCCSCC1. The van der Waals surface area contributed by atoms with Crippen LogP contribution >= 0.6 is 11.8 Å². The standard InChI is InChI=1S/C10H22N2S/c1-2-4-11-5-7-12-6-3-9-13-10-8-12/h11H,2-10H2,1H3. The summed E-state index contributed by atoms with van der Waals surface area (Å²) in [5, 5.41) is 3.45. The first-order chi connectivity index (χ1) is 6.43. The normalized spacial score (nSPS) is 20.1. The Balaban J connectivity index is 1.98. The van der Waals surface area contributed by atoms with E-state index in [-0.39, 0.29) is 0 Å². The Kier molecular flexibility index (Phi) is 6.68. The zero-order valence-electron chi connectivity index (χ0n) is 8.72. The molecule has 0 atom stereocenters. The summed E-state index contributed by atoms with van der Waals surface area (Å²) < 4.78 is 0. The molecular weight excluding hydrogens is 180 g/mol. The maximum atomic E-state index is 3.45. The molecule has 0 aromatic heterocycles. The smallest absolute Gasteiger partial charge is 0.0107 e. The lowest BCUT2D eigenvalue weighted by Gasteiger charge is -2.19. The Morgan fingerprint density at radius 2 is 2.15 bits per heavy atom. The molecule has 1 saturated heterocycles. The van der Waals surface area contributed by atoms with Crippen molar-refractivity contribution < 1.29 is 0 Å². The lowest BCUT2D eigenvalue weighted by molar-refractivity contribution is 0.294. The van der Waals surface area contributed by atoms with E-state index in [4.69, 9.17) is 0 Å². The van der Waals surface area contributed by atoms with Gasteiger partial charge in [-0.05, 0) is 31.7 Å². The quantitative estimate of drug-likeness (QED) is 0.679. The third-order valence-electron chi connectivity index (χ3n) is 2.35. The highest BCUT2D eigenvalue weighted by Gasteiger charge is 2.07. The number of nitrogens with zero attached hydrogens (tertiary/aromatic N) is 1. The molecule has 2 nitrogen and oxygen atoms in total. The first-order valence-corrected chi connectivity index (χ1v) is 6.59. The van der Waals surface area contributed by atoms with Gasteiger partial charge in [0.2, 0.25) is 0 Å². The molecule has 1 heterocycles. The number of hydrogen-bond donors (Lipinski definition) is 1. The van der Waals surface area contributed by atoms with Crippen LogP contribution in [0.1, 0.15) is 19.8 Å². The van der Waals surface area contributed by atoms with Gasteiger partial charge in [0.1, 0.15) is 0 Å². The lowest BCUT2D eigenvalue weighted by atomic mass is 10.4. The second kappa shape index (κ2) is 7.65. The monoisotopic (exact) mass is 202 g/mol. The molecule has 1 N–H and O–H groups in total. The predicted octanol–water partition coefficient (Wildman–Crippen LogP) is 1.42. The molecule has 1 rings (SSSR count). The van der Waals surface area contributed by atoms with Gasteiger partial charge in [0.25, 0.3) is 0 Å². The van der Waals surface area contributed by atoms with Crippen molar-refractivity contribution in [2.45, 2.75) is 19.8 Å². The van der Waals surface area contributed by atoms with E-state index < -0.39 is 0 Å². The average molecular weight is 202 g/mol. The Bertz CT molecular complexity index is 111. The van der Waals surface area contributed by atoms with E-state index in [0.29, 0.717) is 0 Å². The van der Waals surface area contributed by atoms with Crippen LogP contribution in [-0.4, -0.2) is 49.1 Å². The largest absolute Gasteiger partial charge is 0.315 e. The van der Waals surface area contributed by atoms with Crippen molar-refractivity contribution in [2.75, 3.05) is 44.2 Å². The molecule has 13 heavy (non-hydrogen) atoms. The van der Waals surface area contributed by atoms with Gasteiger partial charge in [-0.15, -0.1) is 0 Å². The van der Waals surface area contributed by atoms with Crippen molar-refractivity contribution in [3.05, 3.63) is 0 Å². The van der Waals surface area contributed by atoms with E-state index in [9.17, 15) is 0 Å². The lowest BCUT2D eigenvalue weighted by Crippen LogP contribution is -2.33. The summed E-state index contributed by atoms with van der Waals surface area (Å²) in [6.45, 7) is 8.39. The predicted molar refractivity (Wildman–Crippen MR) is 61.5 cm³/mol. The van der Waals surface area contributed by atoms with Crippen LogP contribution in [0.4, 0.5) is 0 Å². The second-order valence-corrected chi connectivity index (χ2v) is 4.78. The topological polar surface area (TPSA) is 15.3 Å². The van der Waals surface area contributed by atoms with Gasteiger partial charge in [-0.1, -0.05) is 6.92 Å². The van der Waals surface area contributed by atoms with E-state index in [0.717, 1.165) is 0 Å². The Morgan fingerprint density at radius 1 is 1.23 bits per heavy atom. The summed E-state index contributed by atoms with van der Waals surface area (Å²) in [6, 6.07) is 0. The van der Waals surface area contributed by atoms with E-state index in [2.05, 4.69) is 28.9 Å². The molecule has 0 spiro atoms. The van der Waals surface area contributed by atoms with Gasteiger partial charge < -0.3 is 10.2 Å². The van der Waals surface area contributed by atoms with Crippen LogP contribution < -0.4 is 5.32 Å². The number of rotatable bonds is 5.